The smallest absolute Gasteiger partial charge is 0.150 e. The summed E-state index contributed by atoms with van der Waals surface area (Å²) in [5, 5.41) is 3.21. The highest BCUT2D eigenvalue weighted by atomic mass is 32.2. The van der Waals surface area contributed by atoms with Gasteiger partial charge in [0, 0.05) is 23.7 Å². The largest absolute Gasteiger partial charge is 0.313 e. The SMILES string of the molecule is CCS(=O)(=O)CCCC(NC)c1ccc(C)nc1. The number of pyridine rings is 1. The third-order valence-electron chi connectivity index (χ3n) is 3.07. The van der Waals surface area contributed by atoms with E-state index in [1.807, 2.05) is 32.3 Å². The van der Waals surface area contributed by atoms with Gasteiger partial charge in [0.25, 0.3) is 0 Å². The van der Waals surface area contributed by atoms with Crippen molar-refractivity contribution in [2.24, 2.45) is 0 Å². The molecule has 1 heterocycles. The predicted octanol–water partition coefficient (Wildman–Crippen LogP) is 1.87. The van der Waals surface area contributed by atoms with Crippen molar-refractivity contribution in [3.05, 3.63) is 29.6 Å². The Kier molecular flexibility index (Phi) is 5.75. The molecule has 0 bridgehead atoms. The monoisotopic (exact) mass is 270 g/mol. The van der Waals surface area contributed by atoms with E-state index in [0.29, 0.717) is 6.42 Å². The average Bonchev–Trinajstić information content (AvgIpc) is 2.36. The molecule has 4 nitrogen and oxygen atoms in total. The zero-order valence-corrected chi connectivity index (χ0v) is 12.1. The number of aromatic nitrogens is 1. The molecule has 0 saturated heterocycles. The Labute approximate surface area is 110 Å². The van der Waals surface area contributed by atoms with E-state index in [4.69, 9.17) is 0 Å². The number of sulfone groups is 1. The molecular weight excluding hydrogens is 248 g/mol. The normalized spacial score (nSPS) is 13.5. The highest BCUT2D eigenvalue weighted by Crippen LogP contribution is 2.17. The average molecular weight is 270 g/mol. The van der Waals surface area contributed by atoms with Gasteiger partial charge in [-0.2, -0.15) is 0 Å². The van der Waals surface area contributed by atoms with Crippen LogP contribution in [0.2, 0.25) is 0 Å². The van der Waals surface area contributed by atoms with Crippen molar-refractivity contribution in [1.29, 1.82) is 0 Å². The van der Waals surface area contributed by atoms with Gasteiger partial charge in [-0.1, -0.05) is 13.0 Å². The minimum absolute atomic E-state index is 0.171. The molecule has 0 saturated carbocycles. The molecule has 102 valence electrons. The molecule has 0 aromatic carbocycles. The Balaban J connectivity index is 2.55. The van der Waals surface area contributed by atoms with Crippen molar-refractivity contribution in [1.82, 2.24) is 10.3 Å². The van der Waals surface area contributed by atoms with Crippen LogP contribution in [0.25, 0.3) is 0 Å². The molecule has 1 unspecified atom stereocenters. The van der Waals surface area contributed by atoms with Crippen LogP contribution in [-0.2, 0) is 9.84 Å². The van der Waals surface area contributed by atoms with Crippen molar-refractivity contribution in [2.75, 3.05) is 18.6 Å². The zero-order chi connectivity index (χ0) is 13.6. The summed E-state index contributed by atoms with van der Waals surface area (Å²) in [6, 6.07) is 4.19. The summed E-state index contributed by atoms with van der Waals surface area (Å²) in [6.45, 7) is 3.64. The van der Waals surface area contributed by atoms with Crippen LogP contribution in [-0.4, -0.2) is 32.0 Å². The van der Waals surface area contributed by atoms with Crippen molar-refractivity contribution in [3.63, 3.8) is 0 Å². The molecule has 0 amide bonds. The van der Waals surface area contributed by atoms with E-state index in [1.165, 1.54) is 0 Å². The van der Waals surface area contributed by atoms with Crippen LogP contribution in [0.4, 0.5) is 0 Å². The van der Waals surface area contributed by atoms with Gasteiger partial charge in [-0.3, -0.25) is 4.98 Å². The summed E-state index contributed by atoms with van der Waals surface area (Å²) in [5.41, 5.74) is 2.10. The van der Waals surface area contributed by atoms with Crippen LogP contribution in [0.15, 0.2) is 18.3 Å². The first-order valence-electron chi connectivity index (χ1n) is 6.28. The maximum atomic E-state index is 11.4. The van der Waals surface area contributed by atoms with E-state index in [-0.39, 0.29) is 17.5 Å². The van der Waals surface area contributed by atoms with Crippen molar-refractivity contribution >= 4 is 9.84 Å². The van der Waals surface area contributed by atoms with Gasteiger partial charge in [-0.05, 0) is 38.4 Å². The Morgan fingerprint density at radius 2 is 2.11 bits per heavy atom. The maximum absolute atomic E-state index is 11.4. The number of aryl methyl sites for hydroxylation is 1. The van der Waals surface area contributed by atoms with Gasteiger partial charge in [0.2, 0.25) is 0 Å². The molecule has 1 aromatic heterocycles. The Morgan fingerprint density at radius 1 is 1.39 bits per heavy atom. The molecule has 1 N–H and O–H groups in total. The number of nitrogens with zero attached hydrogens (tertiary/aromatic N) is 1. The molecule has 1 aromatic rings. The van der Waals surface area contributed by atoms with Crippen molar-refractivity contribution < 1.29 is 8.42 Å². The third-order valence-corrected chi connectivity index (χ3v) is 4.86. The molecule has 0 aliphatic heterocycles. The maximum Gasteiger partial charge on any atom is 0.150 e. The van der Waals surface area contributed by atoms with E-state index in [1.54, 1.807) is 6.92 Å². The fraction of sp³-hybridized carbons (Fsp3) is 0.615. The lowest BCUT2D eigenvalue weighted by Crippen LogP contribution is -2.18. The van der Waals surface area contributed by atoms with Gasteiger partial charge in [-0.15, -0.1) is 0 Å². The Morgan fingerprint density at radius 3 is 2.61 bits per heavy atom. The first kappa shape index (κ1) is 15.1. The van der Waals surface area contributed by atoms with Crippen molar-refractivity contribution in [3.8, 4) is 0 Å². The second kappa shape index (κ2) is 6.85. The molecule has 0 aliphatic carbocycles. The molecule has 5 heteroatoms. The van der Waals surface area contributed by atoms with Gasteiger partial charge in [0.15, 0.2) is 0 Å². The highest BCUT2D eigenvalue weighted by molar-refractivity contribution is 7.91. The standard InChI is InChI=1S/C13H22N2O2S/c1-4-18(16,17)9-5-6-13(14-3)12-8-7-11(2)15-10-12/h7-8,10,13-14H,4-6,9H2,1-3H3. The topological polar surface area (TPSA) is 59.1 Å². The van der Waals surface area contributed by atoms with Gasteiger partial charge in [0.05, 0.1) is 5.75 Å². The second-order valence-corrected chi connectivity index (χ2v) is 6.93. The lowest BCUT2D eigenvalue weighted by atomic mass is 10.0. The second-order valence-electron chi connectivity index (χ2n) is 4.45. The van der Waals surface area contributed by atoms with E-state index in [0.717, 1.165) is 17.7 Å². The van der Waals surface area contributed by atoms with Crippen LogP contribution in [0, 0.1) is 6.92 Å². The fourth-order valence-electron chi connectivity index (χ4n) is 1.81. The fourth-order valence-corrected chi connectivity index (χ4v) is 2.71. The molecular formula is C13H22N2O2S. The van der Waals surface area contributed by atoms with Gasteiger partial charge >= 0.3 is 0 Å². The first-order valence-corrected chi connectivity index (χ1v) is 8.11. The van der Waals surface area contributed by atoms with Crippen LogP contribution >= 0.6 is 0 Å². The summed E-state index contributed by atoms with van der Waals surface area (Å²) in [4.78, 5) is 4.26. The van der Waals surface area contributed by atoms with Crippen LogP contribution in [0.3, 0.4) is 0 Å². The van der Waals surface area contributed by atoms with E-state index >= 15 is 0 Å². The van der Waals surface area contributed by atoms with Gasteiger partial charge < -0.3 is 5.32 Å². The van der Waals surface area contributed by atoms with Gasteiger partial charge in [0.1, 0.15) is 9.84 Å². The summed E-state index contributed by atoms with van der Waals surface area (Å²) >= 11 is 0. The summed E-state index contributed by atoms with van der Waals surface area (Å²) < 4.78 is 22.8. The quantitative estimate of drug-likeness (QED) is 0.821. The number of hydrogen-bond donors (Lipinski definition) is 1. The van der Waals surface area contributed by atoms with Crippen molar-refractivity contribution in [2.45, 2.75) is 32.7 Å². The van der Waals surface area contributed by atoms with Gasteiger partial charge in [-0.25, -0.2) is 8.42 Å². The van der Waals surface area contributed by atoms with Crippen LogP contribution in [0.5, 0.6) is 0 Å². The minimum Gasteiger partial charge on any atom is -0.313 e. The Bertz CT molecular complexity index is 454. The third kappa shape index (κ3) is 4.74. The molecule has 18 heavy (non-hydrogen) atoms. The highest BCUT2D eigenvalue weighted by Gasteiger charge is 2.12. The lowest BCUT2D eigenvalue weighted by Gasteiger charge is -2.16. The number of rotatable bonds is 7. The molecule has 0 fully saturated rings. The van der Waals surface area contributed by atoms with Crippen LogP contribution in [0.1, 0.15) is 37.1 Å². The van der Waals surface area contributed by atoms with E-state index < -0.39 is 9.84 Å². The predicted molar refractivity (Wildman–Crippen MR) is 74.3 cm³/mol. The minimum atomic E-state index is -2.86. The number of nitrogens with one attached hydrogen (secondary N) is 1. The molecule has 1 rings (SSSR count). The van der Waals surface area contributed by atoms with E-state index in [2.05, 4.69) is 10.3 Å². The van der Waals surface area contributed by atoms with Crippen LogP contribution < -0.4 is 5.32 Å². The molecule has 0 spiro atoms. The lowest BCUT2D eigenvalue weighted by molar-refractivity contribution is 0.534. The summed E-state index contributed by atoms with van der Waals surface area (Å²) in [6.07, 6.45) is 3.33. The first-order chi connectivity index (χ1) is 8.48. The molecule has 1 atom stereocenters. The zero-order valence-electron chi connectivity index (χ0n) is 11.3. The summed E-state index contributed by atoms with van der Waals surface area (Å²) in [5.74, 6) is 0.490. The van der Waals surface area contributed by atoms with E-state index in [9.17, 15) is 8.42 Å². The Hall–Kier alpha value is -0.940. The molecule has 0 radical (unpaired) electrons. The number of hydrogen-bond acceptors (Lipinski definition) is 4. The molecule has 0 aliphatic rings. The summed E-state index contributed by atoms with van der Waals surface area (Å²) in [7, 11) is -0.968.